The number of carbonyl (C=O) groups is 1. The molecule has 0 amide bonds. The standard InChI is InChI=1S/C16H14N4O4/c1-23-12-3-4-13(14(8-12)24-2)9-5-10(15-17-19-20-18-15)7-11(6-9)16(21)22/h3-8H,1-2H3,(H,21,22)(H,17,18,19,20). The Balaban J connectivity index is 2.19. The number of ether oxygens (including phenoxy) is 2. The lowest BCUT2D eigenvalue weighted by Crippen LogP contribution is -1.99. The van der Waals surface area contributed by atoms with E-state index in [2.05, 4.69) is 20.6 Å². The molecular weight excluding hydrogens is 312 g/mol. The van der Waals surface area contributed by atoms with Crippen molar-refractivity contribution in [3.8, 4) is 34.0 Å². The van der Waals surface area contributed by atoms with Gasteiger partial charge in [-0.2, -0.15) is 5.21 Å². The summed E-state index contributed by atoms with van der Waals surface area (Å²) in [4.78, 5) is 11.4. The van der Waals surface area contributed by atoms with Gasteiger partial charge in [-0.3, -0.25) is 0 Å². The van der Waals surface area contributed by atoms with Crippen LogP contribution in [0, 0.1) is 0 Å². The molecule has 0 aliphatic carbocycles. The van der Waals surface area contributed by atoms with Crippen molar-refractivity contribution < 1.29 is 19.4 Å². The molecule has 1 heterocycles. The highest BCUT2D eigenvalue weighted by molar-refractivity contribution is 5.92. The summed E-state index contributed by atoms with van der Waals surface area (Å²) in [5, 5.41) is 23.0. The van der Waals surface area contributed by atoms with Crippen LogP contribution in [0.5, 0.6) is 11.5 Å². The number of benzene rings is 2. The zero-order valence-corrected chi connectivity index (χ0v) is 13.0. The highest BCUT2D eigenvalue weighted by Gasteiger charge is 2.15. The van der Waals surface area contributed by atoms with Gasteiger partial charge in [0, 0.05) is 17.2 Å². The second-order valence-corrected chi connectivity index (χ2v) is 4.91. The van der Waals surface area contributed by atoms with Gasteiger partial charge in [0.25, 0.3) is 0 Å². The number of aromatic carboxylic acids is 1. The lowest BCUT2D eigenvalue weighted by atomic mass is 9.98. The van der Waals surface area contributed by atoms with Gasteiger partial charge in [0.2, 0.25) is 5.82 Å². The summed E-state index contributed by atoms with van der Waals surface area (Å²) < 4.78 is 10.6. The Bertz CT molecular complexity index is 878. The zero-order valence-electron chi connectivity index (χ0n) is 13.0. The number of methoxy groups -OCH3 is 2. The fourth-order valence-electron chi connectivity index (χ4n) is 2.36. The van der Waals surface area contributed by atoms with Gasteiger partial charge >= 0.3 is 5.97 Å². The number of tetrazole rings is 1. The van der Waals surface area contributed by atoms with Crippen molar-refractivity contribution >= 4 is 5.97 Å². The number of nitrogens with one attached hydrogen (secondary N) is 1. The maximum Gasteiger partial charge on any atom is 0.335 e. The predicted molar refractivity (Wildman–Crippen MR) is 85.1 cm³/mol. The number of carboxylic acids is 1. The summed E-state index contributed by atoms with van der Waals surface area (Å²) in [7, 11) is 3.10. The molecule has 8 heteroatoms. The van der Waals surface area contributed by atoms with E-state index < -0.39 is 5.97 Å². The molecule has 3 aromatic rings. The Hall–Kier alpha value is -3.42. The smallest absolute Gasteiger partial charge is 0.335 e. The summed E-state index contributed by atoms with van der Waals surface area (Å²) in [5.41, 5.74) is 2.04. The zero-order chi connectivity index (χ0) is 17.1. The molecule has 122 valence electrons. The van der Waals surface area contributed by atoms with Crippen LogP contribution in [0.3, 0.4) is 0 Å². The van der Waals surface area contributed by atoms with Gasteiger partial charge in [-0.25, -0.2) is 4.79 Å². The second kappa shape index (κ2) is 6.37. The Morgan fingerprint density at radius 3 is 2.50 bits per heavy atom. The number of aromatic amines is 1. The van der Waals surface area contributed by atoms with Crippen molar-refractivity contribution in [3.05, 3.63) is 42.0 Å². The Kier molecular flexibility index (Phi) is 4.11. The molecule has 0 aliphatic heterocycles. The number of aromatic nitrogens is 4. The minimum atomic E-state index is -1.05. The number of hydrogen-bond acceptors (Lipinski definition) is 6. The molecule has 0 bridgehead atoms. The molecule has 0 unspecified atom stereocenters. The van der Waals surface area contributed by atoms with Gasteiger partial charge in [0.1, 0.15) is 11.5 Å². The topological polar surface area (TPSA) is 110 Å². The Labute approximate surface area is 137 Å². The minimum absolute atomic E-state index is 0.116. The number of rotatable bonds is 5. The fraction of sp³-hybridized carbons (Fsp3) is 0.125. The summed E-state index contributed by atoms with van der Waals surface area (Å²) in [6.45, 7) is 0. The number of carboxylic acid groups (broad SMARTS) is 1. The van der Waals surface area contributed by atoms with E-state index in [9.17, 15) is 9.90 Å². The summed E-state index contributed by atoms with van der Waals surface area (Å²) in [5.74, 6) is 0.472. The van der Waals surface area contributed by atoms with Crippen molar-refractivity contribution in [1.29, 1.82) is 0 Å². The third-order valence-corrected chi connectivity index (χ3v) is 3.50. The fourth-order valence-corrected chi connectivity index (χ4v) is 2.36. The second-order valence-electron chi connectivity index (χ2n) is 4.91. The molecule has 2 N–H and O–H groups in total. The van der Waals surface area contributed by atoms with Crippen LogP contribution in [0.15, 0.2) is 36.4 Å². The average Bonchev–Trinajstić information content (AvgIpc) is 3.15. The van der Waals surface area contributed by atoms with Crippen molar-refractivity contribution in [3.63, 3.8) is 0 Å². The quantitative estimate of drug-likeness (QED) is 0.739. The third kappa shape index (κ3) is 2.89. The molecule has 0 atom stereocenters. The molecule has 1 aromatic heterocycles. The first kappa shape index (κ1) is 15.5. The van der Waals surface area contributed by atoms with Gasteiger partial charge in [0.05, 0.1) is 19.8 Å². The van der Waals surface area contributed by atoms with Crippen molar-refractivity contribution in [2.45, 2.75) is 0 Å². The number of nitrogens with zero attached hydrogens (tertiary/aromatic N) is 3. The van der Waals surface area contributed by atoms with Crippen LogP contribution >= 0.6 is 0 Å². The average molecular weight is 326 g/mol. The Morgan fingerprint density at radius 2 is 1.88 bits per heavy atom. The summed E-state index contributed by atoms with van der Waals surface area (Å²) in [6.07, 6.45) is 0. The SMILES string of the molecule is COc1ccc(-c2cc(C(=O)O)cc(-c3nn[nH]n3)c2)c(OC)c1. The molecule has 8 nitrogen and oxygen atoms in total. The lowest BCUT2D eigenvalue weighted by Gasteiger charge is -2.12. The van der Waals surface area contributed by atoms with Crippen LogP contribution < -0.4 is 9.47 Å². The van der Waals surface area contributed by atoms with Crippen molar-refractivity contribution in [2.75, 3.05) is 14.2 Å². The molecule has 0 saturated carbocycles. The first-order valence-corrected chi connectivity index (χ1v) is 6.97. The normalized spacial score (nSPS) is 10.4. The summed E-state index contributed by atoms with van der Waals surface area (Å²) in [6, 6.07) is 10.2. The van der Waals surface area contributed by atoms with E-state index in [1.54, 1.807) is 44.6 Å². The van der Waals surface area contributed by atoms with Gasteiger partial charge in [0.15, 0.2) is 0 Å². The lowest BCUT2D eigenvalue weighted by molar-refractivity contribution is 0.0697. The third-order valence-electron chi connectivity index (χ3n) is 3.50. The van der Waals surface area contributed by atoms with Crippen LogP contribution in [0.25, 0.3) is 22.5 Å². The van der Waals surface area contributed by atoms with E-state index in [4.69, 9.17) is 9.47 Å². The van der Waals surface area contributed by atoms with Crippen LogP contribution in [-0.4, -0.2) is 45.9 Å². The first-order valence-electron chi connectivity index (χ1n) is 6.97. The highest BCUT2D eigenvalue weighted by Crippen LogP contribution is 2.35. The van der Waals surface area contributed by atoms with E-state index in [1.807, 2.05) is 0 Å². The Morgan fingerprint density at radius 1 is 1.08 bits per heavy atom. The largest absolute Gasteiger partial charge is 0.497 e. The maximum atomic E-state index is 11.4. The molecule has 2 aromatic carbocycles. The maximum absolute atomic E-state index is 11.4. The van der Waals surface area contributed by atoms with Gasteiger partial charge in [-0.1, -0.05) is 0 Å². The first-order chi connectivity index (χ1) is 11.6. The monoisotopic (exact) mass is 326 g/mol. The van der Waals surface area contributed by atoms with Crippen molar-refractivity contribution in [2.24, 2.45) is 0 Å². The molecule has 0 saturated heterocycles. The van der Waals surface area contributed by atoms with Gasteiger partial charge in [-0.15, -0.1) is 10.2 Å². The molecular formula is C16H14N4O4. The molecule has 0 fully saturated rings. The van der Waals surface area contributed by atoms with Crippen molar-refractivity contribution in [1.82, 2.24) is 20.6 Å². The summed E-state index contributed by atoms with van der Waals surface area (Å²) >= 11 is 0. The predicted octanol–water partition coefficient (Wildman–Crippen LogP) is 2.25. The van der Waals surface area contributed by atoms with Crippen LogP contribution in [0.4, 0.5) is 0 Å². The minimum Gasteiger partial charge on any atom is -0.497 e. The van der Waals surface area contributed by atoms with Crippen LogP contribution in [0.1, 0.15) is 10.4 Å². The molecule has 3 rings (SSSR count). The molecule has 24 heavy (non-hydrogen) atoms. The van der Waals surface area contributed by atoms with E-state index in [0.717, 1.165) is 5.56 Å². The molecule has 0 aliphatic rings. The number of hydrogen-bond donors (Lipinski definition) is 2. The number of H-pyrrole nitrogens is 1. The van der Waals surface area contributed by atoms with Crippen LogP contribution in [-0.2, 0) is 0 Å². The van der Waals surface area contributed by atoms with Gasteiger partial charge in [-0.05, 0) is 41.1 Å². The van der Waals surface area contributed by atoms with E-state index in [1.165, 1.54) is 6.07 Å². The highest BCUT2D eigenvalue weighted by atomic mass is 16.5. The van der Waals surface area contributed by atoms with Crippen LogP contribution in [0.2, 0.25) is 0 Å². The molecule has 0 radical (unpaired) electrons. The van der Waals surface area contributed by atoms with E-state index >= 15 is 0 Å². The van der Waals surface area contributed by atoms with Gasteiger partial charge < -0.3 is 14.6 Å². The van der Waals surface area contributed by atoms with E-state index in [0.29, 0.717) is 28.5 Å². The molecule has 0 spiro atoms. The van der Waals surface area contributed by atoms with E-state index in [-0.39, 0.29) is 5.56 Å².